The standard InChI is InChI=1S/C15H32N2O/c1-6-15(7-2,17(4)5)14(16-3)12-13-8-10-18-11-9-13/h13-14,16H,6-12H2,1-5H3. The third kappa shape index (κ3) is 3.46. The van der Waals surface area contributed by atoms with Gasteiger partial charge in [0, 0.05) is 24.8 Å². The molecule has 1 rings (SSSR count). The zero-order valence-electron chi connectivity index (χ0n) is 13.0. The van der Waals surface area contributed by atoms with Crippen molar-refractivity contribution in [2.24, 2.45) is 5.92 Å². The Morgan fingerprint density at radius 3 is 2.17 bits per heavy atom. The molecule has 0 aromatic carbocycles. The van der Waals surface area contributed by atoms with Crippen LogP contribution in [0.15, 0.2) is 0 Å². The molecule has 0 bridgehead atoms. The number of likely N-dealkylation sites (N-methyl/N-ethyl adjacent to an activating group) is 2. The predicted octanol–water partition coefficient (Wildman–Crippen LogP) is 2.51. The van der Waals surface area contributed by atoms with Crippen molar-refractivity contribution in [3.05, 3.63) is 0 Å². The lowest BCUT2D eigenvalue weighted by molar-refractivity contribution is 0.0378. The van der Waals surface area contributed by atoms with Crippen LogP contribution in [0.1, 0.15) is 46.0 Å². The minimum atomic E-state index is 0.285. The Morgan fingerprint density at radius 2 is 1.78 bits per heavy atom. The van der Waals surface area contributed by atoms with Crippen molar-refractivity contribution in [3.8, 4) is 0 Å². The van der Waals surface area contributed by atoms with Crippen LogP contribution in [0.3, 0.4) is 0 Å². The summed E-state index contributed by atoms with van der Waals surface area (Å²) in [4.78, 5) is 2.42. The lowest BCUT2D eigenvalue weighted by Crippen LogP contribution is -2.58. The van der Waals surface area contributed by atoms with E-state index < -0.39 is 0 Å². The van der Waals surface area contributed by atoms with E-state index in [1.807, 2.05) is 0 Å². The first-order chi connectivity index (χ1) is 8.60. The molecule has 0 saturated carbocycles. The van der Waals surface area contributed by atoms with Crippen LogP contribution in [0.25, 0.3) is 0 Å². The maximum absolute atomic E-state index is 5.47. The van der Waals surface area contributed by atoms with Crippen LogP contribution >= 0.6 is 0 Å². The van der Waals surface area contributed by atoms with E-state index in [0.717, 1.165) is 19.1 Å². The van der Waals surface area contributed by atoms with Crippen molar-refractivity contribution in [2.75, 3.05) is 34.4 Å². The van der Waals surface area contributed by atoms with Gasteiger partial charge in [0.15, 0.2) is 0 Å². The number of ether oxygens (including phenoxy) is 1. The Labute approximate surface area is 113 Å². The molecule has 3 heteroatoms. The van der Waals surface area contributed by atoms with Crippen LogP contribution in [-0.2, 0) is 4.74 Å². The topological polar surface area (TPSA) is 24.5 Å². The molecule has 0 radical (unpaired) electrons. The molecule has 0 aromatic heterocycles. The largest absolute Gasteiger partial charge is 0.381 e. The SMILES string of the molecule is CCC(CC)(C(CC1CCOCC1)NC)N(C)C. The van der Waals surface area contributed by atoms with Gasteiger partial charge in [-0.3, -0.25) is 0 Å². The summed E-state index contributed by atoms with van der Waals surface area (Å²) in [5.74, 6) is 0.827. The molecule has 0 aromatic rings. The van der Waals surface area contributed by atoms with Crippen LogP contribution < -0.4 is 5.32 Å². The van der Waals surface area contributed by atoms with Gasteiger partial charge in [0.05, 0.1) is 0 Å². The molecule has 1 saturated heterocycles. The predicted molar refractivity (Wildman–Crippen MR) is 78.0 cm³/mol. The Balaban J connectivity index is 2.71. The minimum Gasteiger partial charge on any atom is -0.381 e. The van der Waals surface area contributed by atoms with Crippen molar-refractivity contribution < 1.29 is 4.74 Å². The first-order valence-electron chi connectivity index (χ1n) is 7.53. The second kappa shape index (κ2) is 7.46. The molecule has 1 N–H and O–H groups in total. The van der Waals surface area contributed by atoms with Gasteiger partial charge in [-0.2, -0.15) is 0 Å². The Bertz CT molecular complexity index is 221. The molecule has 3 nitrogen and oxygen atoms in total. The van der Waals surface area contributed by atoms with E-state index in [0.29, 0.717) is 6.04 Å². The molecular weight excluding hydrogens is 224 g/mol. The summed E-state index contributed by atoms with van der Waals surface area (Å²) in [6.07, 6.45) is 6.14. The summed E-state index contributed by atoms with van der Waals surface area (Å²) < 4.78 is 5.47. The highest BCUT2D eigenvalue weighted by atomic mass is 16.5. The van der Waals surface area contributed by atoms with Gasteiger partial charge in [-0.25, -0.2) is 0 Å². The Kier molecular flexibility index (Phi) is 6.61. The molecule has 1 atom stereocenters. The van der Waals surface area contributed by atoms with Crippen LogP contribution in [0.2, 0.25) is 0 Å². The average Bonchev–Trinajstić information content (AvgIpc) is 2.40. The van der Waals surface area contributed by atoms with Crippen molar-refractivity contribution >= 4 is 0 Å². The van der Waals surface area contributed by atoms with Crippen molar-refractivity contribution in [1.82, 2.24) is 10.2 Å². The lowest BCUT2D eigenvalue weighted by atomic mass is 9.77. The normalized spacial score (nSPS) is 20.3. The molecule has 1 aliphatic rings. The van der Waals surface area contributed by atoms with E-state index in [9.17, 15) is 0 Å². The molecule has 1 fully saturated rings. The van der Waals surface area contributed by atoms with E-state index in [1.165, 1.54) is 32.1 Å². The van der Waals surface area contributed by atoms with Crippen LogP contribution in [0.4, 0.5) is 0 Å². The van der Waals surface area contributed by atoms with Gasteiger partial charge >= 0.3 is 0 Å². The van der Waals surface area contributed by atoms with Gasteiger partial charge in [0.25, 0.3) is 0 Å². The Morgan fingerprint density at radius 1 is 1.22 bits per heavy atom. The minimum absolute atomic E-state index is 0.285. The first-order valence-corrected chi connectivity index (χ1v) is 7.53. The fourth-order valence-corrected chi connectivity index (χ4v) is 3.61. The molecule has 1 unspecified atom stereocenters. The van der Waals surface area contributed by atoms with E-state index in [2.05, 4.69) is 45.2 Å². The molecule has 18 heavy (non-hydrogen) atoms. The molecule has 1 aliphatic heterocycles. The third-order valence-electron chi connectivity index (χ3n) is 5.02. The summed E-state index contributed by atoms with van der Waals surface area (Å²) in [6, 6.07) is 0.575. The smallest absolute Gasteiger partial charge is 0.0468 e. The third-order valence-corrected chi connectivity index (χ3v) is 5.02. The summed E-state index contributed by atoms with van der Waals surface area (Å²) in [5.41, 5.74) is 0.285. The van der Waals surface area contributed by atoms with Gasteiger partial charge in [-0.15, -0.1) is 0 Å². The van der Waals surface area contributed by atoms with Crippen molar-refractivity contribution in [1.29, 1.82) is 0 Å². The number of hydrogen-bond acceptors (Lipinski definition) is 3. The summed E-state index contributed by atoms with van der Waals surface area (Å²) in [6.45, 7) is 6.54. The molecule has 108 valence electrons. The maximum atomic E-state index is 5.47. The van der Waals surface area contributed by atoms with Gasteiger partial charge in [-0.05, 0) is 59.2 Å². The monoisotopic (exact) mass is 256 g/mol. The van der Waals surface area contributed by atoms with Gasteiger partial charge < -0.3 is 15.0 Å². The van der Waals surface area contributed by atoms with Crippen LogP contribution in [0.5, 0.6) is 0 Å². The highest BCUT2D eigenvalue weighted by Crippen LogP contribution is 2.31. The van der Waals surface area contributed by atoms with Crippen LogP contribution in [-0.4, -0.2) is 50.8 Å². The number of rotatable bonds is 7. The Hall–Kier alpha value is -0.120. The highest BCUT2D eigenvalue weighted by molar-refractivity contribution is 4.97. The second-order valence-electron chi connectivity index (χ2n) is 5.84. The molecule has 0 amide bonds. The molecule has 0 spiro atoms. The highest BCUT2D eigenvalue weighted by Gasteiger charge is 2.38. The second-order valence-corrected chi connectivity index (χ2v) is 5.84. The number of nitrogens with one attached hydrogen (secondary N) is 1. The van der Waals surface area contributed by atoms with Gasteiger partial charge in [0.1, 0.15) is 0 Å². The zero-order chi connectivity index (χ0) is 13.6. The molecular formula is C15H32N2O. The fraction of sp³-hybridized carbons (Fsp3) is 1.00. The number of hydrogen-bond donors (Lipinski definition) is 1. The van der Waals surface area contributed by atoms with Crippen LogP contribution in [0, 0.1) is 5.92 Å². The van der Waals surface area contributed by atoms with E-state index in [-0.39, 0.29) is 5.54 Å². The van der Waals surface area contributed by atoms with E-state index in [4.69, 9.17) is 4.74 Å². The maximum Gasteiger partial charge on any atom is 0.0468 e. The van der Waals surface area contributed by atoms with E-state index in [1.54, 1.807) is 0 Å². The molecule has 1 heterocycles. The van der Waals surface area contributed by atoms with Crippen molar-refractivity contribution in [2.45, 2.75) is 57.5 Å². The average molecular weight is 256 g/mol. The zero-order valence-corrected chi connectivity index (χ0v) is 13.0. The lowest BCUT2D eigenvalue weighted by Gasteiger charge is -2.46. The van der Waals surface area contributed by atoms with Gasteiger partial charge in [0.2, 0.25) is 0 Å². The number of nitrogens with zero attached hydrogens (tertiary/aromatic N) is 1. The first kappa shape index (κ1) is 15.9. The quantitative estimate of drug-likeness (QED) is 0.757. The molecule has 0 aliphatic carbocycles. The summed E-state index contributed by atoms with van der Waals surface area (Å²) in [7, 11) is 6.57. The fourth-order valence-electron chi connectivity index (χ4n) is 3.61. The van der Waals surface area contributed by atoms with Gasteiger partial charge in [-0.1, -0.05) is 13.8 Å². The van der Waals surface area contributed by atoms with E-state index >= 15 is 0 Å². The van der Waals surface area contributed by atoms with Crippen molar-refractivity contribution in [3.63, 3.8) is 0 Å². The summed E-state index contributed by atoms with van der Waals surface area (Å²) in [5, 5.41) is 3.59. The summed E-state index contributed by atoms with van der Waals surface area (Å²) >= 11 is 0.